The molecule has 130 valence electrons. The molecule has 7 heteroatoms. The molecule has 0 aliphatic rings. The number of hydrogen-bond donors (Lipinski definition) is 2. The fourth-order valence-corrected chi connectivity index (χ4v) is 2.21. The Morgan fingerprint density at radius 3 is 2.28 bits per heavy atom. The largest absolute Gasteiger partial charge is 0.332 e. The van der Waals surface area contributed by atoms with E-state index >= 15 is 0 Å². The summed E-state index contributed by atoms with van der Waals surface area (Å²) >= 11 is 0. The molecule has 2 aromatic rings. The van der Waals surface area contributed by atoms with E-state index in [1.165, 1.54) is 43.1 Å². The molecule has 0 unspecified atom stereocenters. The minimum atomic E-state index is -0.461. The predicted octanol–water partition coefficient (Wildman–Crippen LogP) is 2.49. The van der Waals surface area contributed by atoms with Gasteiger partial charge in [-0.25, -0.2) is 4.39 Å². The first kappa shape index (κ1) is 18.1. The van der Waals surface area contributed by atoms with E-state index in [9.17, 15) is 18.8 Å². The van der Waals surface area contributed by atoms with Crippen LogP contribution in [0.5, 0.6) is 0 Å². The topological polar surface area (TPSA) is 78.5 Å². The van der Waals surface area contributed by atoms with Crippen molar-refractivity contribution in [3.05, 3.63) is 59.9 Å². The second-order valence-electron chi connectivity index (χ2n) is 5.48. The lowest BCUT2D eigenvalue weighted by Crippen LogP contribution is -2.35. The van der Waals surface area contributed by atoms with Crippen LogP contribution in [0, 0.1) is 5.82 Å². The first-order valence-electron chi connectivity index (χ1n) is 7.53. The Morgan fingerprint density at radius 1 is 1.00 bits per heavy atom. The molecule has 3 amide bonds. The monoisotopic (exact) mass is 343 g/mol. The number of likely N-dealkylation sites (N-methyl/N-ethyl adjacent to an activating group) is 1. The van der Waals surface area contributed by atoms with Gasteiger partial charge in [0.2, 0.25) is 11.8 Å². The molecule has 0 spiro atoms. The summed E-state index contributed by atoms with van der Waals surface area (Å²) in [5.74, 6) is -1.52. The van der Waals surface area contributed by atoms with E-state index in [4.69, 9.17) is 0 Å². The Morgan fingerprint density at radius 2 is 1.64 bits per heavy atom. The van der Waals surface area contributed by atoms with Crippen molar-refractivity contribution in [1.29, 1.82) is 0 Å². The molecule has 2 N–H and O–H groups in total. The molecular weight excluding hydrogens is 325 g/mol. The fourth-order valence-electron chi connectivity index (χ4n) is 2.21. The van der Waals surface area contributed by atoms with Crippen LogP contribution in [0.15, 0.2) is 48.5 Å². The number of amides is 3. The highest BCUT2D eigenvalue weighted by Crippen LogP contribution is 2.13. The molecular formula is C18H18FN3O3. The average molecular weight is 343 g/mol. The van der Waals surface area contributed by atoms with Crippen LogP contribution >= 0.6 is 0 Å². The van der Waals surface area contributed by atoms with Crippen molar-refractivity contribution in [2.75, 3.05) is 24.2 Å². The Hall–Kier alpha value is -3.22. The minimum Gasteiger partial charge on any atom is -0.332 e. The van der Waals surface area contributed by atoms with E-state index in [2.05, 4.69) is 10.6 Å². The molecule has 0 radical (unpaired) electrons. The second kappa shape index (κ2) is 8.05. The molecule has 0 atom stereocenters. The number of halogens is 1. The van der Waals surface area contributed by atoms with Crippen molar-refractivity contribution in [2.24, 2.45) is 0 Å². The third-order valence-corrected chi connectivity index (χ3v) is 3.27. The molecule has 0 aromatic heterocycles. The maximum Gasteiger partial charge on any atom is 0.254 e. The second-order valence-corrected chi connectivity index (χ2v) is 5.48. The predicted molar refractivity (Wildman–Crippen MR) is 92.7 cm³/mol. The number of hydrogen-bond acceptors (Lipinski definition) is 3. The van der Waals surface area contributed by atoms with Crippen molar-refractivity contribution in [3.8, 4) is 0 Å². The quantitative estimate of drug-likeness (QED) is 0.875. The van der Waals surface area contributed by atoms with Crippen LogP contribution in [-0.2, 0) is 9.59 Å². The van der Waals surface area contributed by atoms with Crippen molar-refractivity contribution < 1.29 is 18.8 Å². The van der Waals surface area contributed by atoms with Gasteiger partial charge in [-0.05, 0) is 36.4 Å². The lowest BCUT2D eigenvalue weighted by atomic mass is 10.1. The number of nitrogens with zero attached hydrogens (tertiary/aromatic N) is 1. The standard InChI is InChI=1S/C18H18FN3O3/c1-12(23)20-15-7-3-5-13(9-15)18(25)22(2)11-17(24)21-16-8-4-6-14(19)10-16/h3-10H,11H2,1-2H3,(H,20,23)(H,21,24). The van der Waals surface area contributed by atoms with Gasteiger partial charge in [-0.1, -0.05) is 12.1 Å². The van der Waals surface area contributed by atoms with Gasteiger partial charge < -0.3 is 15.5 Å². The zero-order valence-electron chi connectivity index (χ0n) is 13.9. The van der Waals surface area contributed by atoms with Crippen LogP contribution in [-0.4, -0.2) is 36.2 Å². The van der Waals surface area contributed by atoms with Crippen LogP contribution in [0.2, 0.25) is 0 Å². The number of carbonyl (C=O) groups is 3. The van der Waals surface area contributed by atoms with Crippen LogP contribution in [0.25, 0.3) is 0 Å². The Bertz CT molecular complexity index is 808. The summed E-state index contributed by atoms with van der Waals surface area (Å²) in [6.07, 6.45) is 0. The zero-order valence-corrected chi connectivity index (χ0v) is 13.9. The van der Waals surface area contributed by atoms with Gasteiger partial charge in [-0.2, -0.15) is 0 Å². The van der Waals surface area contributed by atoms with Gasteiger partial charge in [0.05, 0.1) is 6.54 Å². The molecule has 0 saturated heterocycles. The van der Waals surface area contributed by atoms with Gasteiger partial charge in [0, 0.05) is 30.9 Å². The number of carbonyl (C=O) groups excluding carboxylic acids is 3. The van der Waals surface area contributed by atoms with E-state index in [0.717, 1.165) is 0 Å². The summed E-state index contributed by atoms with van der Waals surface area (Å²) in [6, 6.07) is 11.9. The Kier molecular flexibility index (Phi) is 5.84. The molecule has 0 aliphatic carbocycles. The first-order chi connectivity index (χ1) is 11.8. The maximum absolute atomic E-state index is 13.1. The summed E-state index contributed by atoms with van der Waals surface area (Å²) in [6.45, 7) is 1.18. The highest BCUT2D eigenvalue weighted by atomic mass is 19.1. The lowest BCUT2D eigenvalue weighted by Gasteiger charge is -2.17. The van der Waals surface area contributed by atoms with E-state index in [1.807, 2.05) is 0 Å². The Labute approximate surface area is 144 Å². The molecule has 0 heterocycles. The number of rotatable bonds is 5. The summed E-state index contributed by atoms with van der Waals surface area (Å²) in [7, 11) is 1.48. The van der Waals surface area contributed by atoms with E-state index < -0.39 is 11.7 Å². The van der Waals surface area contributed by atoms with Crippen molar-refractivity contribution in [1.82, 2.24) is 4.90 Å². The van der Waals surface area contributed by atoms with Crippen molar-refractivity contribution in [3.63, 3.8) is 0 Å². The zero-order chi connectivity index (χ0) is 18.4. The molecule has 25 heavy (non-hydrogen) atoms. The SMILES string of the molecule is CC(=O)Nc1cccc(C(=O)N(C)CC(=O)Nc2cccc(F)c2)c1. The molecule has 0 aliphatic heterocycles. The lowest BCUT2D eigenvalue weighted by molar-refractivity contribution is -0.116. The van der Waals surface area contributed by atoms with Gasteiger partial charge in [-0.3, -0.25) is 14.4 Å². The number of nitrogens with one attached hydrogen (secondary N) is 2. The summed E-state index contributed by atoms with van der Waals surface area (Å²) < 4.78 is 13.1. The normalized spacial score (nSPS) is 10.0. The van der Waals surface area contributed by atoms with Crippen molar-refractivity contribution in [2.45, 2.75) is 6.92 Å². The summed E-state index contributed by atoms with van der Waals surface area (Å²) in [5.41, 5.74) is 1.15. The van der Waals surface area contributed by atoms with E-state index in [-0.39, 0.29) is 18.4 Å². The number of benzene rings is 2. The first-order valence-corrected chi connectivity index (χ1v) is 7.53. The molecule has 6 nitrogen and oxygen atoms in total. The smallest absolute Gasteiger partial charge is 0.254 e. The van der Waals surface area contributed by atoms with E-state index in [0.29, 0.717) is 16.9 Å². The third kappa shape index (κ3) is 5.42. The number of anilines is 2. The van der Waals surface area contributed by atoms with Crippen LogP contribution < -0.4 is 10.6 Å². The third-order valence-electron chi connectivity index (χ3n) is 3.27. The highest BCUT2D eigenvalue weighted by Gasteiger charge is 2.15. The summed E-state index contributed by atoms with van der Waals surface area (Å²) in [5, 5.41) is 5.12. The highest BCUT2D eigenvalue weighted by molar-refractivity contribution is 6.00. The maximum atomic E-state index is 13.1. The average Bonchev–Trinajstić information content (AvgIpc) is 2.53. The van der Waals surface area contributed by atoms with Gasteiger partial charge in [0.1, 0.15) is 5.82 Å². The van der Waals surface area contributed by atoms with Crippen LogP contribution in [0.4, 0.5) is 15.8 Å². The molecule has 0 fully saturated rings. The molecule has 0 saturated carbocycles. The van der Waals surface area contributed by atoms with Crippen LogP contribution in [0.1, 0.15) is 17.3 Å². The summed E-state index contributed by atoms with van der Waals surface area (Å²) in [4.78, 5) is 36.7. The van der Waals surface area contributed by atoms with Gasteiger partial charge >= 0.3 is 0 Å². The molecule has 2 rings (SSSR count). The van der Waals surface area contributed by atoms with Gasteiger partial charge in [-0.15, -0.1) is 0 Å². The van der Waals surface area contributed by atoms with Gasteiger partial charge in [0.25, 0.3) is 5.91 Å². The van der Waals surface area contributed by atoms with Crippen molar-refractivity contribution >= 4 is 29.1 Å². The van der Waals surface area contributed by atoms with Crippen LogP contribution in [0.3, 0.4) is 0 Å². The molecule has 0 bridgehead atoms. The minimum absolute atomic E-state index is 0.195. The Balaban J connectivity index is 2.00. The fraction of sp³-hybridized carbons (Fsp3) is 0.167. The van der Waals surface area contributed by atoms with E-state index in [1.54, 1.807) is 24.3 Å². The van der Waals surface area contributed by atoms with Gasteiger partial charge in [0.15, 0.2) is 0 Å². The molecule has 2 aromatic carbocycles.